The van der Waals surface area contributed by atoms with Crippen LogP contribution in [0.5, 0.6) is 0 Å². The average molecular weight is 415 g/mol. The third kappa shape index (κ3) is 4.15. The predicted octanol–water partition coefficient (Wildman–Crippen LogP) is 4.18. The second-order valence-corrected chi connectivity index (χ2v) is 7.62. The second-order valence-electron chi connectivity index (χ2n) is 7.21. The summed E-state index contributed by atoms with van der Waals surface area (Å²) in [5.41, 5.74) is 2.63. The van der Waals surface area contributed by atoms with Crippen molar-refractivity contribution in [2.75, 3.05) is 13.1 Å². The van der Waals surface area contributed by atoms with Crippen LogP contribution in [-0.2, 0) is 11.2 Å². The maximum atomic E-state index is 14.1. The summed E-state index contributed by atoms with van der Waals surface area (Å²) >= 11 is 6.08. The molecule has 1 saturated heterocycles. The van der Waals surface area contributed by atoms with E-state index in [1.54, 1.807) is 17.2 Å². The standard InChI is InChI=1S/C21H20ClFN4O2/c1-13-8-19(29-26-13)16-10-24-12-25-21(16)14-4-3-7-27(11-14)20(28)9-15-17(22)5-2-6-18(15)23/h2,5-6,8,10,12,14H,3-4,7,9,11H2,1H3/t14-/m0/s1. The van der Waals surface area contributed by atoms with Crippen molar-refractivity contribution in [2.45, 2.75) is 32.1 Å². The molecule has 2 aromatic heterocycles. The van der Waals surface area contributed by atoms with Crippen molar-refractivity contribution in [3.05, 3.63) is 64.6 Å². The summed E-state index contributed by atoms with van der Waals surface area (Å²) in [7, 11) is 0. The van der Waals surface area contributed by atoms with Crippen molar-refractivity contribution in [1.29, 1.82) is 0 Å². The van der Waals surface area contributed by atoms with Gasteiger partial charge in [0.05, 0.1) is 23.4 Å². The fraction of sp³-hybridized carbons (Fsp3) is 0.333. The van der Waals surface area contributed by atoms with Crippen molar-refractivity contribution in [2.24, 2.45) is 0 Å². The Balaban J connectivity index is 1.54. The molecule has 29 heavy (non-hydrogen) atoms. The molecule has 4 rings (SSSR count). The fourth-order valence-corrected chi connectivity index (χ4v) is 3.97. The molecule has 0 bridgehead atoms. The van der Waals surface area contributed by atoms with E-state index in [1.165, 1.54) is 18.5 Å². The number of aryl methyl sites for hydroxylation is 1. The van der Waals surface area contributed by atoms with E-state index in [-0.39, 0.29) is 28.8 Å². The van der Waals surface area contributed by atoms with Crippen molar-refractivity contribution in [3.63, 3.8) is 0 Å². The lowest BCUT2D eigenvalue weighted by Gasteiger charge is -2.33. The minimum atomic E-state index is -0.460. The first-order valence-electron chi connectivity index (χ1n) is 9.47. The Labute approximate surface area is 172 Å². The Bertz CT molecular complexity index is 1020. The SMILES string of the molecule is Cc1cc(-c2cncnc2[C@H]2CCCN(C(=O)Cc3c(F)cccc3Cl)C2)on1. The summed E-state index contributed by atoms with van der Waals surface area (Å²) < 4.78 is 19.5. The van der Waals surface area contributed by atoms with E-state index in [9.17, 15) is 9.18 Å². The van der Waals surface area contributed by atoms with E-state index in [0.717, 1.165) is 29.8 Å². The molecule has 0 aliphatic carbocycles. The number of carbonyl (C=O) groups is 1. The molecule has 1 aliphatic heterocycles. The van der Waals surface area contributed by atoms with Crippen molar-refractivity contribution in [1.82, 2.24) is 20.0 Å². The number of carbonyl (C=O) groups excluding carboxylic acids is 1. The van der Waals surface area contributed by atoms with E-state index < -0.39 is 5.82 Å². The van der Waals surface area contributed by atoms with Gasteiger partial charge in [0.15, 0.2) is 5.76 Å². The monoisotopic (exact) mass is 414 g/mol. The number of hydrogen-bond donors (Lipinski definition) is 0. The molecule has 1 atom stereocenters. The van der Waals surface area contributed by atoms with Gasteiger partial charge in [-0.05, 0) is 31.9 Å². The van der Waals surface area contributed by atoms with Crippen LogP contribution in [-0.4, -0.2) is 39.0 Å². The van der Waals surface area contributed by atoms with E-state index in [0.29, 0.717) is 18.8 Å². The zero-order valence-corrected chi connectivity index (χ0v) is 16.7. The second kappa shape index (κ2) is 8.29. The van der Waals surface area contributed by atoms with Crippen LogP contribution in [0.1, 0.15) is 35.7 Å². The Kier molecular flexibility index (Phi) is 5.58. The van der Waals surface area contributed by atoms with Crippen LogP contribution in [0.25, 0.3) is 11.3 Å². The van der Waals surface area contributed by atoms with Crippen molar-refractivity contribution < 1.29 is 13.7 Å². The number of aromatic nitrogens is 3. The summed E-state index contributed by atoms with van der Waals surface area (Å²) in [5.74, 6) is 0.0397. The number of benzene rings is 1. The highest BCUT2D eigenvalue weighted by Crippen LogP contribution is 2.33. The quantitative estimate of drug-likeness (QED) is 0.640. The third-order valence-corrected chi connectivity index (χ3v) is 5.54. The molecule has 1 aliphatic rings. The van der Waals surface area contributed by atoms with Crippen molar-refractivity contribution in [3.8, 4) is 11.3 Å². The van der Waals surface area contributed by atoms with E-state index in [4.69, 9.17) is 16.1 Å². The summed E-state index contributed by atoms with van der Waals surface area (Å²) in [6, 6.07) is 6.29. The first-order chi connectivity index (χ1) is 14.0. The molecule has 0 radical (unpaired) electrons. The predicted molar refractivity (Wildman–Crippen MR) is 106 cm³/mol. The Morgan fingerprint density at radius 1 is 1.41 bits per heavy atom. The molecular formula is C21H20ClFN4O2. The van der Waals surface area contributed by atoms with Gasteiger partial charge in [-0.3, -0.25) is 4.79 Å². The van der Waals surface area contributed by atoms with Gasteiger partial charge in [0.25, 0.3) is 0 Å². The number of nitrogens with zero attached hydrogens (tertiary/aromatic N) is 4. The highest BCUT2D eigenvalue weighted by Gasteiger charge is 2.29. The zero-order chi connectivity index (χ0) is 20.4. The zero-order valence-electron chi connectivity index (χ0n) is 15.9. The molecule has 3 heterocycles. The first-order valence-corrected chi connectivity index (χ1v) is 9.85. The highest BCUT2D eigenvalue weighted by molar-refractivity contribution is 6.31. The van der Waals surface area contributed by atoms with Gasteiger partial charge < -0.3 is 9.42 Å². The number of halogens is 2. The van der Waals surface area contributed by atoms with E-state index in [1.807, 2.05) is 13.0 Å². The molecular weight excluding hydrogens is 395 g/mol. The number of rotatable bonds is 4. The van der Waals surface area contributed by atoms with Crippen LogP contribution in [0, 0.1) is 12.7 Å². The smallest absolute Gasteiger partial charge is 0.227 e. The van der Waals surface area contributed by atoms with Crippen LogP contribution in [0.15, 0.2) is 41.3 Å². The molecule has 0 spiro atoms. The average Bonchev–Trinajstić information content (AvgIpc) is 3.17. The van der Waals surface area contributed by atoms with Gasteiger partial charge in [0.1, 0.15) is 12.1 Å². The van der Waals surface area contributed by atoms with Crippen LogP contribution >= 0.6 is 11.6 Å². The lowest BCUT2D eigenvalue weighted by Crippen LogP contribution is -2.40. The molecule has 1 aromatic carbocycles. The molecule has 0 N–H and O–H groups in total. The fourth-order valence-electron chi connectivity index (χ4n) is 3.74. The largest absolute Gasteiger partial charge is 0.356 e. The van der Waals surface area contributed by atoms with Crippen molar-refractivity contribution >= 4 is 17.5 Å². The number of amides is 1. The van der Waals surface area contributed by atoms with Gasteiger partial charge >= 0.3 is 0 Å². The van der Waals surface area contributed by atoms with Crippen LogP contribution in [0.4, 0.5) is 4.39 Å². The molecule has 3 aromatic rings. The lowest BCUT2D eigenvalue weighted by molar-refractivity contribution is -0.131. The van der Waals surface area contributed by atoms with E-state index >= 15 is 0 Å². The lowest BCUT2D eigenvalue weighted by atomic mass is 9.91. The number of piperidine rings is 1. The Hall–Kier alpha value is -2.80. The summed E-state index contributed by atoms with van der Waals surface area (Å²) in [6.07, 6.45) is 4.88. The minimum Gasteiger partial charge on any atom is -0.356 e. The Morgan fingerprint density at radius 2 is 2.28 bits per heavy atom. The molecule has 1 amide bonds. The molecule has 1 fully saturated rings. The van der Waals surface area contributed by atoms with Gasteiger partial charge in [-0.2, -0.15) is 0 Å². The highest BCUT2D eigenvalue weighted by atomic mass is 35.5. The Morgan fingerprint density at radius 3 is 3.03 bits per heavy atom. The summed E-state index contributed by atoms with van der Waals surface area (Å²) in [5, 5.41) is 4.21. The molecule has 8 heteroatoms. The summed E-state index contributed by atoms with van der Waals surface area (Å²) in [6.45, 7) is 2.98. The topological polar surface area (TPSA) is 72.1 Å². The van der Waals surface area contributed by atoms with Crippen LogP contribution in [0.2, 0.25) is 5.02 Å². The molecule has 150 valence electrons. The molecule has 6 nitrogen and oxygen atoms in total. The van der Waals surface area contributed by atoms with Crippen LogP contribution in [0.3, 0.4) is 0 Å². The van der Waals surface area contributed by atoms with Crippen LogP contribution < -0.4 is 0 Å². The van der Waals surface area contributed by atoms with Gasteiger partial charge in [-0.1, -0.05) is 22.8 Å². The normalized spacial score (nSPS) is 16.8. The maximum Gasteiger partial charge on any atom is 0.227 e. The maximum absolute atomic E-state index is 14.1. The van der Waals surface area contributed by atoms with E-state index in [2.05, 4.69) is 15.1 Å². The molecule has 0 saturated carbocycles. The first kappa shape index (κ1) is 19.5. The van der Waals surface area contributed by atoms with Gasteiger partial charge in [-0.25, -0.2) is 14.4 Å². The van der Waals surface area contributed by atoms with Gasteiger partial charge in [0.2, 0.25) is 5.91 Å². The van der Waals surface area contributed by atoms with Gasteiger partial charge in [-0.15, -0.1) is 0 Å². The minimum absolute atomic E-state index is 0.0344. The third-order valence-electron chi connectivity index (χ3n) is 5.19. The number of likely N-dealkylation sites (tertiary alicyclic amines) is 1. The van der Waals surface area contributed by atoms with Gasteiger partial charge in [0, 0.05) is 41.9 Å². The molecule has 0 unspecified atom stereocenters. The number of hydrogen-bond acceptors (Lipinski definition) is 5. The summed E-state index contributed by atoms with van der Waals surface area (Å²) in [4.78, 5) is 23.2.